The van der Waals surface area contributed by atoms with Crippen LogP contribution in [0.25, 0.3) is 0 Å². The highest BCUT2D eigenvalue weighted by Crippen LogP contribution is 2.14. The fourth-order valence-corrected chi connectivity index (χ4v) is 1.97. The predicted octanol–water partition coefficient (Wildman–Crippen LogP) is 2.86. The number of hydrogen-bond donors (Lipinski definition) is 0. The quantitative estimate of drug-likeness (QED) is 0.811. The summed E-state index contributed by atoms with van der Waals surface area (Å²) in [6.45, 7) is 5.08. The van der Waals surface area contributed by atoms with Gasteiger partial charge in [-0.05, 0) is 25.0 Å². The van der Waals surface area contributed by atoms with Crippen molar-refractivity contribution in [1.82, 2.24) is 9.80 Å². The number of rotatable bonds is 6. The summed E-state index contributed by atoms with van der Waals surface area (Å²) in [4.78, 5) is 26.4. The number of amides is 2. The van der Waals surface area contributed by atoms with E-state index >= 15 is 0 Å². The summed E-state index contributed by atoms with van der Waals surface area (Å²) in [7, 11) is 3.37. The lowest BCUT2D eigenvalue weighted by Gasteiger charge is -2.21. The fraction of sp³-hybridized carbons (Fsp3) is 0.500. The van der Waals surface area contributed by atoms with Crippen LogP contribution >= 0.6 is 0 Å². The number of nitrogens with zero attached hydrogens (tertiary/aromatic N) is 2. The highest BCUT2D eigenvalue weighted by molar-refractivity contribution is 5.68. The molecule has 6 heteroatoms. The van der Waals surface area contributed by atoms with Crippen molar-refractivity contribution < 1.29 is 19.1 Å². The molecule has 0 aliphatic rings. The molecule has 1 rings (SSSR count). The third-order valence-electron chi connectivity index (χ3n) is 3.09. The highest BCUT2D eigenvalue weighted by Gasteiger charge is 2.15. The molecule has 122 valence electrons. The van der Waals surface area contributed by atoms with Gasteiger partial charge in [-0.2, -0.15) is 0 Å². The van der Waals surface area contributed by atoms with E-state index in [9.17, 15) is 9.59 Å². The minimum absolute atomic E-state index is 0.344. The molecule has 0 saturated carbocycles. The van der Waals surface area contributed by atoms with Crippen molar-refractivity contribution in [3.05, 3.63) is 35.4 Å². The van der Waals surface area contributed by atoms with E-state index in [0.717, 1.165) is 11.1 Å². The van der Waals surface area contributed by atoms with Gasteiger partial charge in [-0.3, -0.25) is 0 Å². The first-order valence-electron chi connectivity index (χ1n) is 7.32. The van der Waals surface area contributed by atoms with Gasteiger partial charge in [-0.1, -0.05) is 24.3 Å². The van der Waals surface area contributed by atoms with Crippen molar-refractivity contribution in [2.24, 2.45) is 0 Å². The van der Waals surface area contributed by atoms with Crippen molar-refractivity contribution in [3.63, 3.8) is 0 Å². The molecule has 0 bridgehead atoms. The van der Waals surface area contributed by atoms with E-state index in [0.29, 0.717) is 26.3 Å². The zero-order valence-electron chi connectivity index (χ0n) is 13.7. The second-order valence-corrected chi connectivity index (χ2v) is 4.88. The van der Waals surface area contributed by atoms with Crippen LogP contribution in [0.2, 0.25) is 0 Å². The van der Waals surface area contributed by atoms with Crippen molar-refractivity contribution >= 4 is 12.2 Å². The fourth-order valence-electron chi connectivity index (χ4n) is 1.97. The maximum atomic E-state index is 11.7. The summed E-state index contributed by atoms with van der Waals surface area (Å²) >= 11 is 0. The van der Waals surface area contributed by atoms with E-state index in [4.69, 9.17) is 9.47 Å². The molecule has 0 atom stereocenters. The van der Waals surface area contributed by atoms with Gasteiger partial charge in [0.15, 0.2) is 0 Å². The normalized spacial score (nSPS) is 10.0. The second-order valence-electron chi connectivity index (χ2n) is 4.88. The van der Waals surface area contributed by atoms with Crippen molar-refractivity contribution in [1.29, 1.82) is 0 Å². The SMILES string of the molecule is CCOC(=O)N(C)Cc1ccccc1CN(C)C(=O)OCC. The monoisotopic (exact) mass is 308 g/mol. The van der Waals surface area contributed by atoms with Crippen LogP contribution in [0.3, 0.4) is 0 Å². The lowest BCUT2D eigenvalue weighted by molar-refractivity contribution is 0.111. The average molecular weight is 308 g/mol. The molecular formula is C16H24N2O4. The van der Waals surface area contributed by atoms with Crippen molar-refractivity contribution in [2.45, 2.75) is 26.9 Å². The molecule has 0 saturated heterocycles. The van der Waals surface area contributed by atoms with E-state index in [1.165, 1.54) is 9.80 Å². The van der Waals surface area contributed by atoms with Crippen LogP contribution in [0, 0.1) is 0 Å². The van der Waals surface area contributed by atoms with Gasteiger partial charge in [0.05, 0.1) is 13.2 Å². The van der Waals surface area contributed by atoms with Crippen molar-refractivity contribution in [2.75, 3.05) is 27.3 Å². The standard InChI is InChI=1S/C16H24N2O4/c1-5-21-15(19)17(3)11-13-9-7-8-10-14(13)12-18(4)16(20)22-6-2/h7-10H,5-6,11-12H2,1-4H3. The maximum absolute atomic E-state index is 11.7. The largest absolute Gasteiger partial charge is 0.450 e. The molecule has 0 radical (unpaired) electrons. The molecule has 0 spiro atoms. The Bertz CT molecular complexity index is 460. The Morgan fingerprint density at radius 1 is 0.864 bits per heavy atom. The molecule has 0 aliphatic carbocycles. The van der Waals surface area contributed by atoms with Crippen LogP contribution < -0.4 is 0 Å². The van der Waals surface area contributed by atoms with Gasteiger partial charge >= 0.3 is 12.2 Å². The van der Waals surface area contributed by atoms with Crippen molar-refractivity contribution in [3.8, 4) is 0 Å². The van der Waals surface area contributed by atoms with Crippen LogP contribution in [-0.2, 0) is 22.6 Å². The van der Waals surface area contributed by atoms with E-state index < -0.39 is 0 Å². The van der Waals surface area contributed by atoms with E-state index in [1.54, 1.807) is 27.9 Å². The topological polar surface area (TPSA) is 59.1 Å². The van der Waals surface area contributed by atoms with E-state index in [1.807, 2.05) is 24.3 Å². The summed E-state index contributed by atoms with van der Waals surface area (Å²) < 4.78 is 9.94. The third kappa shape index (κ3) is 5.27. The van der Waals surface area contributed by atoms with Crippen LogP contribution in [0.15, 0.2) is 24.3 Å². The molecular weight excluding hydrogens is 284 g/mol. The number of ether oxygens (including phenoxy) is 2. The van der Waals surface area contributed by atoms with E-state index in [2.05, 4.69) is 0 Å². The van der Waals surface area contributed by atoms with Crippen LogP contribution in [0.4, 0.5) is 9.59 Å². The van der Waals surface area contributed by atoms with Gasteiger partial charge in [0.2, 0.25) is 0 Å². The number of benzene rings is 1. The van der Waals surface area contributed by atoms with E-state index in [-0.39, 0.29) is 12.2 Å². The van der Waals surface area contributed by atoms with Gasteiger partial charge in [-0.15, -0.1) is 0 Å². The zero-order chi connectivity index (χ0) is 16.5. The van der Waals surface area contributed by atoms with Gasteiger partial charge in [-0.25, -0.2) is 9.59 Å². The molecule has 0 heterocycles. The summed E-state index contributed by atoms with van der Waals surface area (Å²) in [5, 5.41) is 0. The Hall–Kier alpha value is -2.24. The van der Waals surface area contributed by atoms with Crippen LogP contribution in [0.5, 0.6) is 0 Å². The molecule has 0 fully saturated rings. The first-order valence-corrected chi connectivity index (χ1v) is 7.32. The molecule has 0 unspecified atom stereocenters. The summed E-state index contributed by atoms with van der Waals surface area (Å²) in [6.07, 6.45) is -0.730. The molecule has 1 aromatic carbocycles. The summed E-state index contributed by atoms with van der Waals surface area (Å²) in [5.41, 5.74) is 1.93. The van der Waals surface area contributed by atoms with Gasteiger partial charge in [0.25, 0.3) is 0 Å². The average Bonchev–Trinajstić information content (AvgIpc) is 2.49. The van der Waals surface area contributed by atoms with Gasteiger partial charge in [0.1, 0.15) is 0 Å². The van der Waals surface area contributed by atoms with Crippen LogP contribution in [-0.4, -0.2) is 49.3 Å². The lowest BCUT2D eigenvalue weighted by Crippen LogP contribution is -2.29. The van der Waals surface area contributed by atoms with Gasteiger partial charge in [0, 0.05) is 27.2 Å². The number of carbonyl (C=O) groups is 2. The Morgan fingerprint density at radius 3 is 1.55 bits per heavy atom. The minimum atomic E-state index is -0.365. The van der Waals surface area contributed by atoms with Gasteiger partial charge < -0.3 is 19.3 Å². The minimum Gasteiger partial charge on any atom is -0.450 e. The molecule has 1 aromatic rings. The highest BCUT2D eigenvalue weighted by atomic mass is 16.6. The molecule has 2 amide bonds. The van der Waals surface area contributed by atoms with Crippen LogP contribution in [0.1, 0.15) is 25.0 Å². The third-order valence-corrected chi connectivity index (χ3v) is 3.09. The lowest BCUT2D eigenvalue weighted by atomic mass is 10.1. The molecule has 0 aliphatic heterocycles. The Morgan fingerprint density at radius 2 is 1.23 bits per heavy atom. The molecule has 22 heavy (non-hydrogen) atoms. The second kappa shape index (κ2) is 8.92. The Kier molecular flexibility index (Phi) is 7.22. The predicted molar refractivity (Wildman–Crippen MR) is 83.4 cm³/mol. The Labute approximate surface area is 131 Å². The summed E-state index contributed by atoms with van der Waals surface area (Å²) in [6, 6.07) is 7.68. The maximum Gasteiger partial charge on any atom is 0.409 e. The zero-order valence-corrected chi connectivity index (χ0v) is 13.7. The first-order chi connectivity index (χ1) is 10.5. The summed E-state index contributed by atoms with van der Waals surface area (Å²) in [5.74, 6) is 0. The number of carbonyl (C=O) groups excluding carboxylic acids is 2. The Balaban J connectivity index is 2.77. The first kappa shape index (κ1) is 17.8. The smallest absolute Gasteiger partial charge is 0.409 e. The molecule has 6 nitrogen and oxygen atoms in total. The molecule has 0 N–H and O–H groups in total. The number of hydrogen-bond acceptors (Lipinski definition) is 4. The molecule has 0 aromatic heterocycles.